The summed E-state index contributed by atoms with van der Waals surface area (Å²) in [5, 5.41) is 12.4. The van der Waals surface area contributed by atoms with Crippen molar-refractivity contribution in [2.24, 2.45) is 5.92 Å². The van der Waals surface area contributed by atoms with Gasteiger partial charge in [-0.05, 0) is 27.2 Å². The Morgan fingerprint density at radius 3 is 2.65 bits per heavy atom. The fourth-order valence-corrected chi connectivity index (χ4v) is 2.17. The van der Waals surface area contributed by atoms with Crippen LogP contribution >= 0.6 is 0 Å². The van der Waals surface area contributed by atoms with Crippen LogP contribution in [0.4, 0.5) is 4.79 Å². The minimum absolute atomic E-state index is 0.149. The number of amides is 1. The fourth-order valence-electron chi connectivity index (χ4n) is 2.17. The summed E-state index contributed by atoms with van der Waals surface area (Å²) in [7, 11) is 0. The van der Waals surface area contributed by atoms with Crippen LogP contribution in [0.2, 0.25) is 0 Å². The molecule has 1 heterocycles. The summed E-state index contributed by atoms with van der Waals surface area (Å²) >= 11 is 0. The van der Waals surface area contributed by atoms with Crippen LogP contribution in [0.15, 0.2) is 12.7 Å². The third-order valence-electron chi connectivity index (χ3n) is 3.11. The topological polar surface area (TPSA) is 78.9 Å². The van der Waals surface area contributed by atoms with Gasteiger partial charge in [-0.1, -0.05) is 6.08 Å². The second-order valence-electron chi connectivity index (χ2n) is 5.96. The Hall–Kier alpha value is -1.56. The first-order valence-electron chi connectivity index (χ1n) is 6.79. The lowest BCUT2D eigenvalue weighted by molar-refractivity contribution is -0.144. The van der Waals surface area contributed by atoms with Gasteiger partial charge >= 0.3 is 12.1 Å². The number of piperidine rings is 1. The van der Waals surface area contributed by atoms with E-state index in [2.05, 4.69) is 11.9 Å². The number of carboxylic acids is 1. The molecule has 1 saturated heterocycles. The highest BCUT2D eigenvalue weighted by molar-refractivity contribution is 5.74. The zero-order valence-corrected chi connectivity index (χ0v) is 12.4. The first-order valence-corrected chi connectivity index (χ1v) is 6.79. The lowest BCUT2D eigenvalue weighted by Gasteiger charge is -2.37. The van der Waals surface area contributed by atoms with E-state index in [-0.39, 0.29) is 12.6 Å². The van der Waals surface area contributed by atoms with E-state index < -0.39 is 23.6 Å². The van der Waals surface area contributed by atoms with Crippen molar-refractivity contribution in [3.05, 3.63) is 12.7 Å². The van der Waals surface area contributed by atoms with Gasteiger partial charge in [0.05, 0.1) is 5.92 Å². The molecule has 6 nitrogen and oxygen atoms in total. The molecule has 0 aromatic carbocycles. The van der Waals surface area contributed by atoms with E-state index in [1.807, 2.05) is 0 Å². The molecule has 0 aromatic heterocycles. The molecule has 0 aliphatic carbocycles. The average molecular weight is 284 g/mol. The Labute approximate surface area is 119 Å². The van der Waals surface area contributed by atoms with Crippen LogP contribution in [0.5, 0.6) is 0 Å². The largest absolute Gasteiger partial charge is 0.481 e. The van der Waals surface area contributed by atoms with E-state index in [0.717, 1.165) is 0 Å². The van der Waals surface area contributed by atoms with E-state index in [4.69, 9.17) is 4.74 Å². The number of carbonyl (C=O) groups is 2. The second-order valence-corrected chi connectivity index (χ2v) is 5.96. The number of ether oxygens (including phenoxy) is 1. The third kappa shape index (κ3) is 4.85. The van der Waals surface area contributed by atoms with E-state index in [1.165, 1.54) is 4.90 Å². The molecule has 20 heavy (non-hydrogen) atoms. The SMILES string of the molecule is C=CCN[C@H]1CCN(C(=O)OC(C)(C)C)C[C@@H]1C(=O)O. The normalized spacial score (nSPS) is 23.2. The molecule has 0 bridgehead atoms. The molecule has 114 valence electrons. The monoisotopic (exact) mass is 284 g/mol. The Morgan fingerprint density at radius 2 is 2.15 bits per heavy atom. The van der Waals surface area contributed by atoms with Crippen molar-refractivity contribution < 1.29 is 19.4 Å². The molecule has 2 atom stereocenters. The Kier molecular flexibility index (Phi) is 5.56. The lowest BCUT2D eigenvalue weighted by Crippen LogP contribution is -2.54. The van der Waals surface area contributed by atoms with Gasteiger partial charge in [0.1, 0.15) is 5.60 Å². The van der Waals surface area contributed by atoms with Crippen LogP contribution < -0.4 is 5.32 Å². The van der Waals surface area contributed by atoms with E-state index in [9.17, 15) is 14.7 Å². The molecule has 1 amide bonds. The van der Waals surface area contributed by atoms with Crippen molar-refractivity contribution in [2.45, 2.75) is 38.8 Å². The highest BCUT2D eigenvalue weighted by atomic mass is 16.6. The van der Waals surface area contributed by atoms with Crippen LogP contribution in [-0.4, -0.2) is 53.3 Å². The molecule has 1 aliphatic heterocycles. The van der Waals surface area contributed by atoms with Crippen LogP contribution in [-0.2, 0) is 9.53 Å². The molecule has 0 spiro atoms. The molecule has 6 heteroatoms. The maximum Gasteiger partial charge on any atom is 0.410 e. The number of hydrogen-bond donors (Lipinski definition) is 2. The summed E-state index contributed by atoms with van der Waals surface area (Å²) in [6.07, 6.45) is 1.83. The first-order chi connectivity index (χ1) is 9.24. The fraction of sp³-hybridized carbons (Fsp3) is 0.714. The molecule has 1 fully saturated rings. The molecule has 1 aliphatic rings. The van der Waals surface area contributed by atoms with Gasteiger partial charge in [-0.15, -0.1) is 6.58 Å². The van der Waals surface area contributed by atoms with Crippen LogP contribution in [0, 0.1) is 5.92 Å². The predicted molar refractivity (Wildman–Crippen MR) is 75.5 cm³/mol. The molecule has 2 N–H and O–H groups in total. The van der Waals surface area contributed by atoms with E-state index >= 15 is 0 Å². The number of nitrogens with one attached hydrogen (secondary N) is 1. The lowest BCUT2D eigenvalue weighted by atomic mass is 9.92. The Morgan fingerprint density at radius 1 is 1.50 bits per heavy atom. The minimum Gasteiger partial charge on any atom is -0.481 e. The van der Waals surface area contributed by atoms with Gasteiger partial charge < -0.3 is 20.1 Å². The summed E-state index contributed by atoms with van der Waals surface area (Å²) in [5.74, 6) is -1.53. The standard InChI is InChI=1S/C14H24N2O4/c1-5-7-15-11-6-8-16(9-10(11)12(17)18)13(19)20-14(2,3)4/h5,10-11,15H,1,6-9H2,2-4H3,(H,17,18)/t10-,11-/m0/s1. The molecule has 1 rings (SSSR count). The van der Waals surface area contributed by atoms with Gasteiger partial charge in [0.15, 0.2) is 0 Å². The molecule has 0 radical (unpaired) electrons. The summed E-state index contributed by atoms with van der Waals surface area (Å²) in [6.45, 7) is 10.2. The van der Waals surface area contributed by atoms with Crippen LogP contribution in [0.3, 0.4) is 0 Å². The minimum atomic E-state index is -0.903. The van der Waals surface area contributed by atoms with Crippen LogP contribution in [0.25, 0.3) is 0 Å². The van der Waals surface area contributed by atoms with Gasteiger partial charge in [-0.2, -0.15) is 0 Å². The molecular formula is C14H24N2O4. The molecule has 0 unspecified atom stereocenters. The third-order valence-corrected chi connectivity index (χ3v) is 3.11. The first kappa shape index (κ1) is 16.5. The number of carboxylic acid groups (broad SMARTS) is 1. The average Bonchev–Trinajstić information content (AvgIpc) is 2.33. The number of nitrogens with zero attached hydrogens (tertiary/aromatic N) is 1. The summed E-state index contributed by atoms with van der Waals surface area (Å²) in [4.78, 5) is 24.8. The number of likely N-dealkylation sites (tertiary alicyclic amines) is 1. The van der Waals surface area contributed by atoms with Crippen LogP contribution in [0.1, 0.15) is 27.2 Å². The van der Waals surface area contributed by atoms with Gasteiger partial charge in [0.25, 0.3) is 0 Å². The van der Waals surface area contributed by atoms with Gasteiger partial charge in [-0.25, -0.2) is 4.79 Å². The van der Waals surface area contributed by atoms with Crippen molar-refractivity contribution in [3.8, 4) is 0 Å². The van der Waals surface area contributed by atoms with Gasteiger partial charge in [0.2, 0.25) is 0 Å². The molecule has 0 saturated carbocycles. The maximum absolute atomic E-state index is 12.0. The zero-order chi connectivity index (χ0) is 15.3. The quantitative estimate of drug-likeness (QED) is 0.764. The number of carbonyl (C=O) groups excluding carboxylic acids is 1. The highest BCUT2D eigenvalue weighted by Gasteiger charge is 2.37. The van der Waals surface area contributed by atoms with Gasteiger partial charge in [0, 0.05) is 25.7 Å². The summed E-state index contributed by atoms with van der Waals surface area (Å²) in [6, 6.07) is -0.149. The number of rotatable bonds is 4. The summed E-state index contributed by atoms with van der Waals surface area (Å²) in [5.41, 5.74) is -0.576. The number of aliphatic carboxylic acids is 1. The predicted octanol–water partition coefficient (Wildman–Crippen LogP) is 1.47. The Bertz CT molecular complexity index is 376. The van der Waals surface area contributed by atoms with Crippen molar-refractivity contribution in [1.82, 2.24) is 10.2 Å². The zero-order valence-electron chi connectivity index (χ0n) is 12.4. The molecular weight excluding hydrogens is 260 g/mol. The smallest absolute Gasteiger partial charge is 0.410 e. The van der Waals surface area contributed by atoms with E-state index in [1.54, 1.807) is 26.8 Å². The van der Waals surface area contributed by atoms with E-state index in [0.29, 0.717) is 19.5 Å². The maximum atomic E-state index is 12.0. The number of hydrogen-bond acceptors (Lipinski definition) is 4. The van der Waals surface area contributed by atoms with Crippen molar-refractivity contribution >= 4 is 12.1 Å². The van der Waals surface area contributed by atoms with Gasteiger partial charge in [-0.3, -0.25) is 4.79 Å². The van der Waals surface area contributed by atoms with Crippen molar-refractivity contribution in [3.63, 3.8) is 0 Å². The molecule has 0 aromatic rings. The highest BCUT2D eigenvalue weighted by Crippen LogP contribution is 2.20. The Balaban J connectivity index is 2.66. The summed E-state index contributed by atoms with van der Waals surface area (Å²) < 4.78 is 5.28. The van der Waals surface area contributed by atoms with Crippen molar-refractivity contribution in [2.75, 3.05) is 19.6 Å². The van der Waals surface area contributed by atoms with Crippen molar-refractivity contribution in [1.29, 1.82) is 0 Å². The second kappa shape index (κ2) is 6.74.